The molecule has 0 spiro atoms. The van der Waals surface area contributed by atoms with Crippen LogP contribution in [0.5, 0.6) is 0 Å². The molecule has 72 valence electrons. The quantitative estimate of drug-likeness (QED) is 0.573. The van der Waals surface area contributed by atoms with E-state index in [1.807, 2.05) is 12.1 Å². The van der Waals surface area contributed by atoms with Gasteiger partial charge < -0.3 is 0 Å². The zero-order valence-corrected chi connectivity index (χ0v) is 8.65. The van der Waals surface area contributed by atoms with Crippen molar-refractivity contribution >= 4 is 6.34 Å². The lowest BCUT2D eigenvalue weighted by molar-refractivity contribution is 0.140. The van der Waals surface area contributed by atoms with Gasteiger partial charge >= 0.3 is 0 Å². The minimum Gasteiger partial charge on any atom is -0.275 e. The maximum absolute atomic E-state index is 8.81. The van der Waals surface area contributed by atoms with Crippen LogP contribution in [0, 0.1) is 16.9 Å². The summed E-state index contributed by atoms with van der Waals surface area (Å²) in [5.41, 5.74) is 0.210. The van der Waals surface area contributed by atoms with Gasteiger partial charge in [-0.3, -0.25) is 5.01 Å². The lowest BCUT2D eigenvalue weighted by Crippen LogP contribution is -2.38. The number of hydrazone groups is 1. The topological polar surface area (TPSA) is 42.6 Å². The van der Waals surface area contributed by atoms with Gasteiger partial charge in [0.1, 0.15) is 12.5 Å². The second-order valence-corrected chi connectivity index (χ2v) is 4.56. The van der Waals surface area contributed by atoms with Crippen LogP contribution in [-0.4, -0.2) is 29.5 Å². The van der Waals surface area contributed by atoms with Crippen molar-refractivity contribution in [2.24, 2.45) is 10.5 Å². The van der Waals surface area contributed by atoms with Crippen LogP contribution in [-0.2, 0) is 0 Å². The number of hydrogen-bond acceptors (Lipinski definition) is 4. The average Bonchev–Trinajstić information content (AvgIpc) is 2.30. The van der Waals surface area contributed by atoms with E-state index in [0.29, 0.717) is 0 Å². The summed E-state index contributed by atoms with van der Waals surface area (Å²) in [5.74, 6) is 0. The molecular weight excluding hydrogens is 164 g/mol. The first-order valence-corrected chi connectivity index (χ1v) is 4.39. The molecule has 1 unspecified atom stereocenters. The fraction of sp³-hybridized carbons (Fsp3) is 0.778. The molecule has 1 heterocycles. The summed E-state index contributed by atoms with van der Waals surface area (Å²) in [6.45, 7) is 6.48. The van der Waals surface area contributed by atoms with Gasteiger partial charge in [0.25, 0.3) is 0 Å². The van der Waals surface area contributed by atoms with E-state index in [0.717, 1.165) is 6.42 Å². The molecule has 0 bridgehead atoms. The molecule has 1 atom stereocenters. The van der Waals surface area contributed by atoms with Crippen molar-refractivity contribution in [2.75, 3.05) is 7.05 Å². The number of nitriles is 1. The molecule has 0 aromatic heterocycles. The van der Waals surface area contributed by atoms with Crippen LogP contribution in [0.25, 0.3) is 0 Å². The van der Waals surface area contributed by atoms with Crippen molar-refractivity contribution < 1.29 is 0 Å². The van der Waals surface area contributed by atoms with Crippen LogP contribution in [0.2, 0.25) is 0 Å². The number of rotatable bonds is 1. The van der Waals surface area contributed by atoms with Gasteiger partial charge in [0.15, 0.2) is 6.19 Å². The van der Waals surface area contributed by atoms with Crippen molar-refractivity contribution in [3.63, 3.8) is 0 Å². The van der Waals surface area contributed by atoms with Gasteiger partial charge in [0.05, 0.1) is 0 Å². The highest BCUT2D eigenvalue weighted by Gasteiger charge is 2.29. The molecule has 13 heavy (non-hydrogen) atoms. The maximum atomic E-state index is 8.81. The molecule has 1 aliphatic rings. The normalized spacial score (nSPS) is 22.2. The van der Waals surface area contributed by atoms with Crippen LogP contribution < -0.4 is 0 Å². The Bertz CT molecular complexity index is 245. The van der Waals surface area contributed by atoms with Crippen molar-refractivity contribution in [1.82, 2.24) is 9.91 Å². The van der Waals surface area contributed by atoms with E-state index in [2.05, 4.69) is 32.1 Å². The smallest absolute Gasteiger partial charge is 0.187 e. The number of hydrogen-bond donors (Lipinski definition) is 0. The molecule has 0 aromatic rings. The van der Waals surface area contributed by atoms with Crippen LogP contribution >= 0.6 is 0 Å². The summed E-state index contributed by atoms with van der Waals surface area (Å²) < 4.78 is 0. The van der Waals surface area contributed by atoms with Gasteiger partial charge in [-0.25, -0.2) is 4.90 Å². The first-order chi connectivity index (χ1) is 5.94. The Morgan fingerprint density at radius 3 is 2.62 bits per heavy atom. The van der Waals surface area contributed by atoms with Gasteiger partial charge in [-0.2, -0.15) is 10.4 Å². The third-order valence-corrected chi connectivity index (χ3v) is 2.02. The second kappa shape index (κ2) is 3.25. The zero-order valence-electron chi connectivity index (χ0n) is 8.65. The molecule has 4 heteroatoms. The molecule has 0 N–H and O–H groups in total. The summed E-state index contributed by atoms with van der Waals surface area (Å²) in [7, 11) is 1.89. The van der Waals surface area contributed by atoms with E-state index in [1.165, 1.54) is 0 Å². The van der Waals surface area contributed by atoms with Crippen LogP contribution in [0.15, 0.2) is 5.10 Å². The molecule has 0 fully saturated rings. The van der Waals surface area contributed by atoms with E-state index in [4.69, 9.17) is 5.26 Å². The molecule has 0 saturated carbocycles. The number of nitrogens with zero attached hydrogens (tertiary/aromatic N) is 4. The molecule has 0 radical (unpaired) electrons. The fourth-order valence-corrected chi connectivity index (χ4v) is 1.34. The molecule has 0 aromatic carbocycles. The highest BCUT2D eigenvalue weighted by molar-refractivity contribution is 5.59. The van der Waals surface area contributed by atoms with E-state index in [9.17, 15) is 0 Å². The first kappa shape index (κ1) is 9.85. The van der Waals surface area contributed by atoms with Crippen LogP contribution in [0.1, 0.15) is 27.2 Å². The summed E-state index contributed by atoms with van der Waals surface area (Å²) >= 11 is 0. The zero-order chi connectivity index (χ0) is 10.1. The highest BCUT2D eigenvalue weighted by Crippen LogP contribution is 2.26. The van der Waals surface area contributed by atoms with Crippen molar-refractivity contribution in [2.45, 2.75) is 33.4 Å². The maximum Gasteiger partial charge on any atom is 0.187 e. The lowest BCUT2D eigenvalue weighted by atomic mass is 9.90. The van der Waals surface area contributed by atoms with E-state index >= 15 is 0 Å². The molecule has 0 saturated heterocycles. The summed E-state index contributed by atoms with van der Waals surface area (Å²) in [4.78, 5) is 1.59. The largest absolute Gasteiger partial charge is 0.275 e. The SMILES string of the molecule is CN1N=CN(C#N)C1CC(C)(C)C. The minimum absolute atomic E-state index is 0.0880. The molecular formula is C9H16N4. The average molecular weight is 180 g/mol. The molecule has 4 nitrogen and oxygen atoms in total. The Morgan fingerprint density at radius 2 is 2.15 bits per heavy atom. The van der Waals surface area contributed by atoms with Crippen molar-refractivity contribution in [3.8, 4) is 6.19 Å². The summed E-state index contributed by atoms with van der Waals surface area (Å²) in [5, 5.41) is 14.7. The van der Waals surface area contributed by atoms with Crippen molar-refractivity contribution in [3.05, 3.63) is 0 Å². The highest BCUT2D eigenvalue weighted by atomic mass is 15.6. The van der Waals surface area contributed by atoms with Crippen LogP contribution in [0.3, 0.4) is 0 Å². The molecule has 0 amide bonds. The standard InChI is InChI=1S/C9H16N4/c1-9(2,3)5-8-12(4)11-7-13(8)6-10/h7-8H,5H2,1-4H3. The third kappa shape index (κ3) is 2.35. The minimum atomic E-state index is 0.0880. The Hall–Kier alpha value is -1.24. The first-order valence-electron chi connectivity index (χ1n) is 4.39. The molecule has 0 aliphatic carbocycles. The van der Waals surface area contributed by atoms with E-state index < -0.39 is 0 Å². The Balaban J connectivity index is 2.65. The van der Waals surface area contributed by atoms with Gasteiger partial charge in [0.2, 0.25) is 0 Å². The van der Waals surface area contributed by atoms with Gasteiger partial charge in [-0.1, -0.05) is 20.8 Å². The Kier molecular flexibility index (Phi) is 2.46. The molecule has 1 rings (SSSR count). The monoisotopic (exact) mass is 180 g/mol. The van der Waals surface area contributed by atoms with Crippen LogP contribution in [0.4, 0.5) is 0 Å². The van der Waals surface area contributed by atoms with Gasteiger partial charge in [-0.05, 0) is 11.8 Å². The third-order valence-electron chi connectivity index (χ3n) is 2.02. The summed E-state index contributed by atoms with van der Waals surface area (Å²) in [6.07, 6.45) is 4.70. The predicted octanol–water partition coefficient (Wildman–Crippen LogP) is 1.42. The molecule has 1 aliphatic heterocycles. The van der Waals surface area contributed by atoms with E-state index in [-0.39, 0.29) is 11.6 Å². The fourth-order valence-electron chi connectivity index (χ4n) is 1.34. The van der Waals surface area contributed by atoms with E-state index in [1.54, 1.807) is 11.2 Å². The van der Waals surface area contributed by atoms with Gasteiger partial charge in [-0.15, -0.1) is 0 Å². The predicted molar refractivity (Wildman–Crippen MR) is 51.6 cm³/mol. The lowest BCUT2D eigenvalue weighted by Gasteiger charge is -2.29. The summed E-state index contributed by atoms with van der Waals surface area (Å²) in [6, 6.07) is 0. The Labute approximate surface area is 79.4 Å². The van der Waals surface area contributed by atoms with Crippen molar-refractivity contribution in [1.29, 1.82) is 5.26 Å². The second-order valence-electron chi connectivity index (χ2n) is 4.56. The van der Waals surface area contributed by atoms with Gasteiger partial charge in [0, 0.05) is 7.05 Å². The Morgan fingerprint density at radius 1 is 1.54 bits per heavy atom.